The van der Waals surface area contributed by atoms with Gasteiger partial charge in [0.05, 0.1) is 12.7 Å². The lowest BCUT2D eigenvalue weighted by Crippen LogP contribution is -1.96. The van der Waals surface area contributed by atoms with Gasteiger partial charge < -0.3 is 9.73 Å². The molecule has 14 heavy (non-hydrogen) atoms. The summed E-state index contributed by atoms with van der Waals surface area (Å²) >= 11 is 5.10. The van der Waals surface area contributed by atoms with E-state index >= 15 is 0 Å². The van der Waals surface area contributed by atoms with Crippen LogP contribution >= 0.6 is 27.3 Å². The molecule has 0 bridgehead atoms. The lowest BCUT2D eigenvalue weighted by atomic mass is 10.5. The first kappa shape index (κ1) is 9.73. The molecule has 74 valence electrons. The summed E-state index contributed by atoms with van der Waals surface area (Å²) in [4.78, 5) is 5.30. The second kappa shape index (κ2) is 4.14. The second-order valence-corrected chi connectivity index (χ2v) is 4.77. The van der Waals surface area contributed by atoms with Gasteiger partial charge in [-0.1, -0.05) is 0 Å². The molecule has 0 fully saturated rings. The van der Waals surface area contributed by atoms with Crippen LogP contribution in [0.5, 0.6) is 0 Å². The molecule has 3 nitrogen and oxygen atoms in total. The van der Waals surface area contributed by atoms with Crippen molar-refractivity contribution in [3.63, 3.8) is 0 Å². The Morgan fingerprint density at radius 2 is 2.50 bits per heavy atom. The van der Waals surface area contributed by atoms with E-state index in [0.717, 1.165) is 16.8 Å². The molecule has 2 rings (SSSR count). The van der Waals surface area contributed by atoms with Crippen LogP contribution in [0.15, 0.2) is 26.5 Å². The molecule has 0 saturated heterocycles. The lowest BCUT2D eigenvalue weighted by Gasteiger charge is -1.97. The number of oxazole rings is 1. The minimum atomic E-state index is 0.576. The van der Waals surface area contributed by atoms with Gasteiger partial charge in [0, 0.05) is 14.7 Å². The van der Waals surface area contributed by atoms with Crippen LogP contribution in [0.3, 0.4) is 0 Å². The van der Waals surface area contributed by atoms with Crippen LogP contribution in [0.25, 0.3) is 0 Å². The SMILES string of the molecule is Cc1cnc(NCc2cc(Br)cs2)o1. The average Bonchev–Trinajstić information content (AvgIpc) is 2.72. The van der Waals surface area contributed by atoms with Crippen LogP contribution in [0.4, 0.5) is 6.01 Å². The van der Waals surface area contributed by atoms with Crippen molar-refractivity contribution in [3.8, 4) is 0 Å². The molecular weight excluding hydrogens is 264 g/mol. The number of rotatable bonds is 3. The number of thiophene rings is 1. The molecule has 2 heterocycles. The molecule has 0 aromatic carbocycles. The van der Waals surface area contributed by atoms with E-state index in [9.17, 15) is 0 Å². The van der Waals surface area contributed by atoms with Crippen molar-refractivity contribution in [3.05, 3.63) is 32.8 Å². The van der Waals surface area contributed by atoms with Crippen molar-refractivity contribution in [2.45, 2.75) is 13.5 Å². The van der Waals surface area contributed by atoms with Crippen LogP contribution in [0.2, 0.25) is 0 Å². The summed E-state index contributed by atoms with van der Waals surface area (Å²) in [5, 5.41) is 5.16. The Morgan fingerprint density at radius 1 is 1.64 bits per heavy atom. The maximum absolute atomic E-state index is 5.28. The molecule has 2 aromatic heterocycles. The van der Waals surface area contributed by atoms with Gasteiger partial charge in [0.1, 0.15) is 5.76 Å². The first-order chi connectivity index (χ1) is 6.74. The minimum Gasteiger partial charge on any atom is -0.429 e. The van der Waals surface area contributed by atoms with Gasteiger partial charge in [0.15, 0.2) is 0 Å². The Bertz CT molecular complexity index is 384. The molecular formula is C9H9BrN2OS. The maximum Gasteiger partial charge on any atom is 0.295 e. The van der Waals surface area contributed by atoms with Gasteiger partial charge in [0.25, 0.3) is 6.01 Å². The first-order valence-electron chi connectivity index (χ1n) is 4.13. The van der Waals surface area contributed by atoms with Crippen LogP contribution in [0.1, 0.15) is 10.6 Å². The predicted molar refractivity (Wildman–Crippen MR) is 60.6 cm³/mol. The van der Waals surface area contributed by atoms with Crippen molar-refractivity contribution in [2.75, 3.05) is 5.32 Å². The highest BCUT2D eigenvalue weighted by Crippen LogP contribution is 2.20. The highest BCUT2D eigenvalue weighted by atomic mass is 79.9. The van der Waals surface area contributed by atoms with Crippen LogP contribution in [-0.4, -0.2) is 4.98 Å². The Kier molecular flexibility index (Phi) is 2.88. The Morgan fingerprint density at radius 3 is 3.07 bits per heavy atom. The van der Waals surface area contributed by atoms with Gasteiger partial charge in [0.2, 0.25) is 0 Å². The van der Waals surface area contributed by atoms with E-state index in [2.05, 4.69) is 37.7 Å². The van der Waals surface area contributed by atoms with E-state index in [1.807, 2.05) is 6.92 Å². The van der Waals surface area contributed by atoms with Crippen molar-refractivity contribution in [1.82, 2.24) is 4.98 Å². The quantitative estimate of drug-likeness (QED) is 0.931. The third-order valence-corrected chi connectivity index (χ3v) is 3.35. The van der Waals surface area contributed by atoms with E-state index in [-0.39, 0.29) is 0 Å². The molecule has 0 saturated carbocycles. The van der Waals surface area contributed by atoms with Gasteiger partial charge >= 0.3 is 0 Å². The second-order valence-electron chi connectivity index (χ2n) is 2.86. The van der Waals surface area contributed by atoms with Gasteiger partial charge in [-0.2, -0.15) is 0 Å². The molecule has 0 spiro atoms. The van der Waals surface area contributed by atoms with Crippen molar-refractivity contribution >= 4 is 33.3 Å². The minimum absolute atomic E-state index is 0.576. The smallest absolute Gasteiger partial charge is 0.295 e. The summed E-state index contributed by atoms with van der Waals surface area (Å²) in [7, 11) is 0. The third-order valence-electron chi connectivity index (χ3n) is 1.66. The fourth-order valence-corrected chi connectivity index (χ4v) is 2.44. The van der Waals surface area contributed by atoms with Gasteiger partial charge in [-0.15, -0.1) is 11.3 Å². The van der Waals surface area contributed by atoms with Gasteiger partial charge in [-0.3, -0.25) is 0 Å². The molecule has 0 aliphatic carbocycles. The molecule has 0 unspecified atom stereocenters. The topological polar surface area (TPSA) is 38.1 Å². The number of hydrogen-bond donors (Lipinski definition) is 1. The number of halogens is 1. The fourth-order valence-electron chi connectivity index (χ4n) is 1.05. The average molecular weight is 273 g/mol. The summed E-state index contributed by atoms with van der Waals surface area (Å²) in [6, 6.07) is 2.65. The fraction of sp³-hybridized carbons (Fsp3) is 0.222. The molecule has 0 aliphatic heterocycles. The molecule has 0 radical (unpaired) electrons. The van der Waals surface area contributed by atoms with E-state index in [1.54, 1.807) is 17.5 Å². The summed E-state index contributed by atoms with van der Waals surface area (Å²) in [5.41, 5.74) is 0. The van der Waals surface area contributed by atoms with Crippen molar-refractivity contribution < 1.29 is 4.42 Å². The monoisotopic (exact) mass is 272 g/mol. The number of nitrogens with one attached hydrogen (secondary N) is 1. The van der Waals surface area contributed by atoms with Crippen LogP contribution in [0, 0.1) is 6.92 Å². The number of anilines is 1. The Labute approximate surface area is 94.3 Å². The number of aromatic nitrogens is 1. The largest absolute Gasteiger partial charge is 0.429 e. The molecule has 5 heteroatoms. The molecule has 1 N–H and O–H groups in total. The normalized spacial score (nSPS) is 10.4. The predicted octanol–water partition coefficient (Wildman–Crippen LogP) is 3.42. The summed E-state index contributed by atoms with van der Waals surface area (Å²) in [6.07, 6.45) is 1.70. The number of hydrogen-bond acceptors (Lipinski definition) is 4. The zero-order valence-corrected chi connectivity index (χ0v) is 9.98. The summed E-state index contributed by atoms with van der Waals surface area (Å²) < 4.78 is 6.40. The summed E-state index contributed by atoms with van der Waals surface area (Å²) in [5.74, 6) is 0.819. The highest BCUT2D eigenvalue weighted by Gasteiger charge is 2.01. The molecule has 0 aliphatic rings. The van der Waals surface area contributed by atoms with Crippen molar-refractivity contribution in [2.24, 2.45) is 0 Å². The maximum atomic E-state index is 5.28. The van der Waals surface area contributed by atoms with Crippen molar-refractivity contribution in [1.29, 1.82) is 0 Å². The Balaban J connectivity index is 1.94. The first-order valence-corrected chi connectivity index (χ1v) is 5.80. The number of aryl methyl sites for hydroxylation is 1. The van der Waals surface area contributed by atoms with E-state index in [1.165, 1.54) is 4.88 Å². The molecule has 2 aromatic rings. The standard InChI is InChI=1S/C9H9BrN2OS/c1-6-3-11-9(13-6)12-4-8-2-7(10)5-14-8/h2-3,5H,4H2,1H3,(H,11,12). The van der Waals surface area contributed by atoms with E-state index < -0.39 is 0 Å². The van der Waals surface area contributed by atoms with Gasteiger partial charge in [-0.05, 0) is 28.9 Å². The van der Waals surface area contributed by atoms with Crippen LogP contribution in [-0.2, 0) is 6.54 Å². The third kappa shape index (κ3) is 2.36. The van der Waals surface area contributed by atoms with Crippen LogP contribution < -0.4 is 5.32 Å². The lowest BCUT2D eigenvalue weighted by molar-refractivity contribution is 0.540. The Hall–Kier alpha value is -0.810. The number of nitrogens with zero attached hydrogens (tertiary/aromatic N) is 1. The zero-order valence-electron chi connectivity index (χ0n) is 7.58. The molecule has 0 amide bonds. The zero-order chi connectivity index (χ0) is 9.97. The molecule has 0 atom stereocenters. The highest BCUT2D eigenvalue weighted by molar-refractivity contribution is 9.10. The van der Waals surface area contributed by atoms with E-state index in [0.29, 0.717) is 6.01 Å². The van der Waals surface area contributed by atoms with Gasteiger partial charge in [-0.25, -0.2) is 4.98 Å². The summed E-state index contributed by atoms with van der Waals surface area (Å²) in [6.45, 7) is 2.62. The van der Waals surface area contributed by atoms with E-state index in [4.69, 9.17) is 4.42 Å².